The summed E-state index contributed by atoms with van der Waals surface area (Å²) in [6.07, 6.45) is 1.77. The van der Waals surface area contributed by atoms with Gasteiger partial charge in [0.05, 0.1) is 25.7 Å². The Bertz CT molecular complexity index is 176. The smallest absolute Gasteiger partial charge is 0.308 e. The molecule has 0 fully saturated rings. The first-order chi connectivity index (χ1) is 6.10. The molecule has 4 heteroatoms. The monoisotopic (exact) mass is 188 g/mol. The zero-order valence-corrected chi connectivity index (χ0v) is 7.93. The van der Waals surface area contributed by atoms with Gasteiger partial charge in [-0.2, -0.15) is 0 Å². The average Bonchev–Trinajstić information content (AvgIpc) is 2.04. The predicted octanol–water partition coefficient (Wildman–Crippen LogP) is 0.237. The summed E-state index contributed by atoms with van der Waals surface area (Å²) in [5.74, 6) is -0.472. The van der Waals surface area contributed by atoms with E-state index in [4.69, 9.17) is 0 Å². The van der Waals surface area contributed by atoms with Crippen molar-refractivity contribution in [1.29, 1.82) is 0 Å². The van der Waals surface area contributed by atoms with Crippen LogP contribution in [0.4, 0.5) is 0 Å². The van der Waals surface area contributed by atoms with Crippen LogP contribution in [0, 0.1) is 0 Å². The van der Waals surface area contributed by atoms with Gasteiger partial charge in [0, 0.05) is 6.42 Å². The lowest BCUT2D eigenvalue weighted by molar-refractivity contribution is -0.143. The van der Waals surface area contributed by atoms with E-state index in [1.54, 1.807) is 19.1 Å². The summed E-state index contributed by atoms with van der Waals surface area (Å²) in [5.41, 5.74) is 0. The highest BCUT2D eigenvalue weighted by Crippen LogP contribution is 2.04. The van der Waals surface area contributed by atoms with Gasteiger partial charge in [-0.25, -0.2) is 0 Å². The summed E-state index contributed by atoms with van der Waals surface area (Å²) in [7, 11) is 1.26. The van der Waals surface area contributed by atoms with Gasteiger partial charge in [0.1, 0.15) is 0 Å². The third-order valence-corrected chi connectivity index (χ3v) is 1.56. The van der Waals surface area contributed by atoms with Crippen LogP contribution < -0.4 is 0 Å². The van der Waals surface area contributed by atoms with E-state index < -0.39 is 18.2 Å². The summed E-state index contributed by atoms with van der Waals surface area (Å²) >= 11 is 0. The van der Waals surface area contributed by atoms with Crippen molar-refractivity contribution >= 4 is 5.97 Å². The molecule has 0 amide bonds. The van der Waals surface area contributed by atoms with Crippen LogP contribution in [0.15, 0.2) is 12.2 Å². The molecule has 0 saturated heterocycles. The van der Waals surface area contributed by atoms with Crippen LogP contribution in [0.3, 0.4) is 0 Å². The molecule has 0 aliphatic carbocycles. The summed E-state index contributed by atoms with van der Waals surface area (Å²) in [4.78, 5) is 10.7. The van der Waals surface area contributed by atoms with E-state index in [1.165, 1.54) is 7.11 Å². The summed E-state index contributed by atoms with van der Waals surface area (Å²) < 4.78 is 4.36. The van der Waals surface area contributed by atoms with E-state index in [0.29, 0.717) is 0 Å². The number of ether oxygens (including phenoxy) is 1. The Hall–Kier alpha value is -0.870. The minimum absolute atomic E-state index is 0.0783. The number of carbonyl (C=O) groups excluding carboxylic acids is 1. The van der Waals surface area contributed by atoms with E-state index in [-0.39, 0.29) is 12.8 Å². The number of hydrogen-bond acceptors (Lipinski definition) is 4. The lowest BCUT2D eigenvalue weighted by Gasteiger charge is -2.11. The first-order valence-electron chi connectivity index (χ1n) is 4.16. The van der Waals surface area contributed by atoms with Gasteiger partial charge in [0.25, 0.3) is 0 Å². The Morgan fingerprint density at radius 2 is 2.15 bits per heavy atom. The minimum atomic E-state index is -0.848. The van der Waals surface area contributed by atoms with E-state index in [2.05, 4.69) is 4.74 Å². The molecular formula is C9H16O4. The molecule has 13 heavy (non-hydrogen) atoms. The second kappa shape index (κ2) is 6.62. The first kappa shape index (κ1) is 12.1. The SMILES string of the molecule is C/C=C/[C@@H](O)C[C@@H](O)CC(=O)OC. The number of hydrogen-bond donors (Lipinski definition) is 2. The average molecular weight is 188 g/mol. The number of rotatable bonds is 5. The molecule has 0 unspecified atom stereocenters. The normalized spacial score (nSPS) is 15.7. The van der Waals surface area contributed by atoms with Crippen molar-refractivity contribution in [3.05, 3.63) is 12.2 Å². The van der Waals surface area contributed by atoms with Crippen LogP contribution in [0.5, 0.6) is 0 Å². The molecule has 76 valence electrons. The van der Waals surface area contributed by atoms with Crippen molar-refractivity contribution in [2.45, 2.75) is 32.0 Å². The number of methoxy groups -OCH3 is 1. The Labute approximate surface area is 77.8 Å². The topological polar surface area (TPSA) is 66.8 Å². The highest BCUT2D eigenvalue weighted by atomic mass is 16.5. The second-order valence-electron chi connectivity index (χ2n) is 2.76. The fraction of sp³-hybridized carbons (Fsp3) is 0.667. The maximum absolute atomic E-state index is 10.7. The maximum atomic E-state index is 10.7. The molecule has 0 spiro atoms. The van der Waals surface area contributed by atoms with Crippen LogP contribution in [-0.2, 0) is 9.53 Å². The zero-order valence-electron chi connectivity index (χ0n) is 7.93. The summed E-state index contributed by atoms with van der Waals surface area (Å²) in [6.45, 7) is 1.77. The van der Waals surface area contributed by atoms with Crippen molar-refractivity contribution in [2.75, 3.05) is 7.11 Å². The van der Waals surface area contributed by atoms with Gasteiger partial charge in [-0.15, -0.1) is 0 Å². The molecule has 0 saturated carbocycles. The molecule has 0 radical (unpaired) electrons. The van der Waals surface area contributed by atoms with Gasteiger partial charge in [-0.3, -0.25) is 4.79 Å². The molecular weight excluding hydrogens is 172 g/mol. The molecule has 0 aliphatic heterocycles. The van der Waals surface area contributed by atoms with E-state index >= 15 is 0 Å². The van der Waals surface area contributed by atoms with E-state index in [0.717, 1.165) is 0 Å². The molecule has 0 heterocycles. The van der Waals surface area contributed by atoms with Crippen LogP contribution in [0.25, 0.3) is 0 Å². The first-order valence-corrected chi connectivity index (χ1v) is 4.16. The van der Waals surface area contributed by atoms with Crippen molar-refractivity contribution < 1.29 is 19.7 Å². The van der Waals surface area contributed by atoms with Crippen LogP contribution >= 0.6 is 0 Å². The molecule has 0 aromatic heterocycles. The molecule has 0 aliphatic rings. The van der Waals surface area contributed by atoms with Gasteiger partial charge in [0.15, 0.2) is 0 Å². The lowest BCUT2D eigenvalue weighted by atomic mass is 10.1. The largest absolute Gasteiger partial charge is 0.469 e. The highest BCUT2D eigenvalue weighted by Gasteiger charge is 2.13. The van der Waals surface area contributed by atoms with Gasteiger partial charge < -0.3 is 14.9 Å². The van der Waals surface area contributed by atoms with E-state index in [9.17, 15) is 15.0 Å². The quantitative estimate of drug-likeness (QED) is 0.479. The highest BCUT2D eigenvalue weighted by molar-refractivity contribution is 5.69. The second-order valence-corrected chi connectivity index (χ2v) is 2.76. The number of allylic oxidation sites excluding steroid dienone is 1. The third kappa shape index (κ3) is 6.31. The molecule has 4 nitrogen and oxygen atoms in total. The maximum Gasteiger partial charge on any atom is 0.308 e. The standard InChI is InChI=1S/C9H16O4/c1-3-4-7(10)5-8(11)6-9(12)13-2/h3-4,7-8,10-11H,5-6H2,1-2H3/b4-3+/t7-,8-/m1/s1. The Morgan fingerprint density at radius 1 is 1.54 bits per heavy atom. The van der Waals surface area contributed by atoms with E-state index in [1.807, 2.05) is 0 Å². The van der Waals surface area contributed by atoms with Gasteiger partial charge in [0.2, 0.25) is 0 Å². The number of aliphatic hydroxyl groups excluding tert-OH is 2. The Morgan fingerprint density at radius 3 is 2.62 bits per heavy atom. The fourth-order valence-corrected chi connectivity index (χ4v) is 0.939. The van der Waals surface area contributed by atoms with Gasteiger partial charge in [-0.05, 0) is 6.92 Å². The number of esters is 1. The van der Waals surface area contributed by atoms with Crippen LogP contribution in [0.2, 0.25) is 0 Å². The molecule has 0 rings (SSSR count). The van der Waals surface area contributed by atoms with Crippen molar-refractivity contribution in [3.63, 3.8) is 0 Å². The fourth-order valence-electron chi connectivity index (χ4n) is 0.939. The van der Waals surface area contributed by atoms with Crippen molar-refractivity contribution in [1.82, 2.24) is 0 Å². The minimum Gasteiger partial charge on any atom is -0.469 e. The molecule has 2 atom stereocenters. The van der Waals surface area contributed by atoms with Crippen molar-refractivity contribution in [3.8, 4) is 0 Å². The number of aliphatic hydroxyl groups is 2. The van der Waals surface area contributed by atoms with Crippen LogP contribution in [0.1, 0.15) is 19.8 Å². The summed E-state index contributed by atoms with van der Waals surface area (Å²) in [6, 6.07) is 0. The van der Waals surface area contributed by atoms with Crippen molar-refractivity contribution in [2.24, 2.45) is 0 Å². The molecule has 0 bridgehead atoms. The Balaban J connectivity index is 3.73. The van der Waals surface area contributed by atoms with Gasteiger partial charge >= 0.3 is 5.97 Å². The summed E-state index contributed by atoms with van der Waals surface area (Å²) in [5, 5.41) is 18.5. The lowest BCUT2D eigenvalue weighted by Crippen LogP contribution is -2.20. The third-order valence-electron chi connectivity index (χ3n) is 1.56. The molecule has 0 aromatic carbocycles. The van der Waals surface area contributed by atoms with Crippen LogP contribution in [-0.4, -0.2) is 35.5 Å². The van der Waals surface area contributed by atoms with Gasteiger partial charge in [-0.1, -0.05) is 12.2 Å². The predicted molar refractivity (Wildman–Crippen MR) is 48.1 cm³/mol. The number of carbonyl (C=O) groups is 1. The Kier molecular flexibility index (Phi) is 6.18. The molecule has 2 N–H and O–H groups in total. The zero-order chi connectivity index (χ0) is 10.3. The molecule has 0 aromatic rings.